The molecule has 3 aromatic rings. The topological polar surface area (TPSA) is 61.7 Å². The van der Waals surface area contributed by atoms with Crippen LogP contribution < -0.4 is 19.5 Å². The highest BCUT2D eigenvalue weighted by Crippen LogP contribution is 2.36. The first-order valence-corrected chi connectivity index (χ1v) is 8.94. The lowest BCUT2D eigenvalue weighted by Gasteiger charge is -2.19. The minimum Gasteiger partial charge on any atom is -0.493 e. The zero-order valence-electron chi connectivity index (χ0n) is 15.0. The van der Waals surface area contributed by atoms with Gasteiger partial charge < -0.3 is 24.1 Å². The van der Waals surface area contributed by atoms with Crippen LogP contribution in [0.3, 0.4) is 0 Å². The van der Waals surface area contributed by atoms with Crippen molar-refractivity contribution in [2.24, 2.45) is 0 Å². The van der Waals surface area contributed by atoms with Gasteiger partial charge in [0.2, 0.25) is 0 Å². The van der Waals surface area contributed by atoms with E-state index in [-0.39, 0.29) is 5.91 Å². The smallest absolute Gasteiger partial charge is 0.268 e. The van der Waals surface area contributed by atoms with Crippen molar-refractivity contribution in [3.8, 4) is 17.2 Å². The lowest BCUT2D eigenvalue weighted by molar-refractivity contribution is 0.0940. The molecule has 0 spiro atoms. The van der Waals surface area contributed by atoms with Crippen molar-refractivity contribution in [2.75, 3.05) is 20.8 Å². The first-order chi connectivity index (χ1) is 13.1. The average Bonchev–Trinajstić information content (AvgIpc) is 3.10. The number of carbonyl (C=O) groups excluding carboxylic acids is 1. The molecule has 0 aliphatic carbocycles. The van der Waals surface area contributed by atoms with Gasteiger partial charge in [-0.3, -0.25) is 4.79 Å². The molecular weight excluding hydrogens is 368 g/mol. The number of ether oxygens (including phenoxy) is 3. The van der Waals surface area contributed by atoms with Gasteiger partial charge in [0.1, 0.15) is 18.1 Å². The van der Waals surface area contributed by atoms with E-state index in [4.69, 9.17) is 25.8 Å². The molecule has 2 heterocycles. The fourth-order valence-corrected chi connectivity index (χ4v) is 3.57. The van der Waals surface area contributed by atoms with Crippen LogP contribution in [0.2, 0.25) is 5.02 Å². The molecule has 1 aliphatic heterocycles. The third kappa shape index (κ3) is 3.06. The van der Waals surface area contributed by atoms with E-state index >= 15 is 0 Å². The molecule has 1 amide bonds. The Bertz CT molecular complexity index is 1030. The van der Waals surface area contributed by atoms with Gasteiger partial charge in [0, 0.05) is 11.9 Å². The van der Waals surface area contributed by atoms with E-state index in [0.29, 0.717) is 41.9 Å². The van der Waals surface area contributed by atoms with Crippen LogP contribution in [-0.2, 0) is 13.1 Å². The third-order valence-corrected chi connectivity index (χ3v) is 5.00. The lowest BCUT2D eigenvalue weighted by Crippen LogP contribution is -2.27. The summed E-state index contributed by atoms with van der Waals surface area (Å²) in [6.07, 6.45) is 0. The van der Waals surface area contributed by atoms with E-state index in [1.54, 1.807) is 20.3 Å². The summed E-state index contributed by atoms with van der Waals surface area (Å²) in [5.41, 5.74) is 2.35. The summed E-state index contributed by atoms with van der Waals surface area (Å²) >= 11 is 6.31. The Morgan fingerprint density at radius 2 is 2.00 bits per heavy atom. The highest BCUT2D eigenvalue weighted by Gasteiger charge is 2.22. The molecule has 7 heteroatoms. The first-order valence-electron chi connectivity index (χ1n) is 8.56. The third-order valence-electron chi connectivity index (χ3n) is 4.67. The summed E-state index contributed by atoms with van der Waals surface area (Å²) in [7, 11) is 3.17. The van der Waals surface area contributed by atoms with Crippen LogP contribution in [-0.4, -0.2) is 31.3 Å². The molecule has 4 rings (SSSR count). The van der Waals surface area contributed by atoms with Gasteiger partial charge in [0.05, 0.1) is 31.3 Å². The fraction of sp³-hybridized carbons (Fsp3) is 0.250. The van der Waals surface area contributed by atoms with E-state index in [0.717, 1.165) is 22.2 Å². The van der Waals surface area contributed by atoms with Crippen LogP contribution >= 0.6 is 11.6 Å². The normalized spacial score (nSPS) is 12.6. The van der Waals surface area contributed by atoms with Crippen molar-refractivity contribution in [2.45, 2.75) is 13.1 Å². The average molecular weight is 387 g/mol. The standard InChI is InChI=1S/C20H19ClN2O4/c1-25-16-5-3-12(9-18(16)26-2)11-22-20(24)15-10-13-14(21)4-6-17-19(13)23(15)7-8-27-17/h3-6,9-10H,7-8,11H2,1-2H3,(H,22,24). The number of hydrogen-bond acceptors (Lipinski definition) is 4. The molecule has 1 aliphatic rings. The summed E-state index contributed by atoms with van der Waals surface area (Å²) < 4.78 is 18.2. The van der Waals surface area contributed by atoms with Crippen LogP contribution in [0.5, 0.6) is 17.2 Å². The van der Waals surface area contributed by atoms with Crippen molar-refractivity contribution < 1.29 is 19.0 Å². The van der Waals surface area contributed by atoms with Crippen molar-refractivity contribution >= 4 is 28.4 Å². The van der Waals surface area contributed by atoms with Gasteiger partial charge in [0.25, 0.3) is 5.91 Å². The number of methoxy groups -OCH3 is 2. The second kappa shape index (κ2) is 7.04. The van der Waals surface area contributed by atoms with Gasteiger partial charge in [-0.25, -0.2) is 0 Å². The number of nitrogens with one attached hydrogen (secondary N) is 1. The molecule has 6 nitrogen and oxygen atoms in total. The van der Waals surface area contributed by atoms with Gasteiger partial charge in [-0.1, -0.05) is 17.7 Å². The maximum absolute atomic E-state index is 12.8. The number of halogens is 1. The van der Waals surface area contributed by atoms with E-state index < -0.39 is 0 Å². The van der Waals surface area contributed by atoms with Gasteiger partial charge >= 0.3 is 0 Å². The molecule has 0 fully saturated rings. The number of nitrogens with zero attached hydrogens (tertiary/aromatic N) is 1. The van der Waals surface area contributed by atoms with E-state index in [9.17, 15) is 4.79 Å². The molecule has 140 valence electrons. The Balaban J connectivity index is 1.59. The molecule has 2 aromatic carbocycles. The van der Waals surface area contributed by atoms with Gasteiger partial charge in [-0.15, -0.1) is 0 Å². The number of hydrogen-bond donors (Lipinski definition) is 1. The summed E-state index contributed by atoms with van der Waals surface area (Å²) in [6.45, 7) is 1.50. The van der Waals surface area contributed by atoms with Crippen molar-refractivity contribution in [1.82, 2.24) is 9.88 Å². The zero-order valence-corrected chi connectivity index (χ0v) is 15.8. The van der Waals surface area contributed by atoms with Crippen LogP contribution in [0.4, 0.5) is 0 Å². The lowest BCUT2D eigenvalue weighted by atomic mass is 10.2. The second-order valence-electron chi connectivity index (χ2n) is 6.21. The molecule has 0 saturated carbocycles. The van der Waals surface area contributed by atoms with Gasteiger partial charge in [-0.05, 0) is 35.9 Å². The molecular formula is C20H19ClN2O4. The van der Waals surface area contributed by atoms with E-state index in [1.165, 1.54) is 0 Å². The molecule has 0 radical (unpaired) electrons. The van der Waals surface area contributed by atoms with Gasteiger partial charge in [-0.2, -0.15) is 0 Å². The summed E-state index contributed by atoms with van der Waals surface area (Å²) in [5, 5.41) is 4.39. The van der Waals surface area contributed by atoms with E-state index in [2.05, 4.69) is 5.32 Å². The molecule has 0 unspecified atom stereocenters. The van der Waals surface area contributed by atoms with Crippen LogP contribution in [0, 0.1) is 0 Å². The molecule has 1 N–H and O–H groups in total. The number of rotatable bonds is 5. The Hall–Kier alpha value is -2.86. The number of carbonyl (C=O) groups is 1. The summed E-state index contributed by atoms with van der Waals surface area (Å²) in [6, 6.07) is 11.0. The van der Waals surface area contributed by atoms with Gasteiger partial charge in [0.15, 0.2) is 11.5 Å². The minimum atomic E-state index is -0.162. The summed E-state index contributed by atoms with van der Waals surface area (Å²) in [4.78, 5) is 12.8. The number of benzene rings is 2. The predicted octanol–water partition coefficient (Wildman–Crippen LogP) is 3.63. The quantitative estimate of drug-likeness (QED) is 0.727. The second-order valence-corrected chi connectivity index (χ2v) is 6.62. The molecule has 1 aromatic heterocycles. The molecule has 0 bridgehead atoms. The maximum atomic E-state index is 12.8. The van der Waals surface area contributed by atoms with Crippen LogP contribution in [0.1, 0.15) is 16.1 Å². The van der Waals surface area contributed by atoms with Crippen LogP contribution in [0.15, 0.2) is 36.4 Å². The monoisotopic (exact) mass is 386 g/mol. The predicted molar refractivity (Wildman–Crippen MR) is 103 cm³/mol. The molecule has 27 heavy (non-hydrogen) atoms. The van der Waals surface area contributed by atoms with Crippen LogP contribution in [0.25, 0.3) is 10.9 Å². The largest absolute Gasteiger partial charge is 0.493 e. The Kier molecular flexibility index (Phi) is 4.58. The number of amides is 1. The Morgan fingerprint density at radius 1 is 1.19 bits per heavy atom. The highest BCUT2D eigenvalue weighted by atomic mass is 35.5. The molecule has 0 saturated heterocycles. The van der Waals surface area contributed by atoms with Crippen molar-refractivity contribution in [3.63, 3.8) is 0 Å². The number of aromatic nitrogens is 1. The first kappa shape index (κ1) is 17.5. The van der Waals surface area contributed by atoms with Crippen molar-refractivity contribution in [1.29, 1.82) is 0 Å². The zero-order chi connectivity index (χ0) is 19.0. The van der Waals surface area contributed by atoms with Crippen molar-refractivity contribution in [3.05, 3.63) is 52.7 Å². The maximum Gasteiger partial charge on any atom is 0.268 e. The summed E-state index contributed by atoms with van der Waals surface area (Å²) in [5.74, 6) is 1.86. The van der Waals surface area contributed by atoms with E-state index in [1.807, 2.05) is 34.9 Å². The highest BCUT2D eigenvalue weighted by molar-refractivity contribution is 6.36. The minimum absolute atomic E-state index is 0.162. The molecule has 0 atom stereocenters. The fourth-order valence-electron chi connectivity index (χ4n) is 3.36. The SMILES string of the molecule is COc1ccc(CNC(=O)c2cc3c(Cl)ccc4c3n2CCO4)cc1OC. The Morgan fingerprint density at radius 3 is 2.78 bits per heavy atom. The Labute approximate surface area is 161 Å².